The number of carboxylic acids is 1. The van der Waals surface area contributed by atoms with Crippen molar-refractivity contribution in [1.82, 2.24) is 9.88 Å². The van der Waals surface area contributed by atoms with Gasteiger partial charge in [0.25, 0.3) is 5.91 Å². The van der Waals surface area contributed by atoms with Crippen LogP contribution in [-0.4, -0.2) is 59.8 Å². The molecule has 2 atom stereocenters. The highest BCUT2D eigenvalue weighted by Gasteiger charge is 2.40. The molecular weight excluding hydrogens is 344 g/mol. The van der Waals surface area contributed by atoms with E-state index in [1.54, 1.807) is 7.11 Å². The molecule has 7 nitrogen and oxygen atoms in total. The molecule has 0 bridgehead atoms. The molecule has 0 saturated carbocycles. The Morgan fingerprint density at radius 3 is 2.60 bits per heavy atom. The Kier molecular flexibility index (Phi) is 5.00. The van der Waals surface area contributed by atoms with Gasteiger partial charge >= 0.3 is 5.97 Å². The molecule has 1 aliphatic rings. The summed E-state index contributed by atoms with van der Waals surface area (Å²) in [5, 5.41) is 10.0. The fraction of sp³-hybridized carbons (Fsp3) is 0.353. The number of amides is 1. The highest BCUT2D eigenvalue weighted by molar-refractivity contribution is 7.16. The van der Waals surface area contributed by atoms with Crippen molar-refractivity contribution < 1.29 is 24.2 Å². The standard InChI is InChI=1S/C17H18N2O5S/c1-23-11-5-3-10(4-6-11)15-18-8-14(25-15)16(20)19-9-12(24-2)7-13(19)17(21)22/h3-6,8,12-13H,7,9H2,1-2H3,(H,21,22). The smallest absolute Gasteiger partial charge is 0.326 e. The van der Waals surface area contributed by atoms with Gasteiger partial charge in [0.2, 0.25) is 0 Å². The first-order valence-corrected chi connectivity index (χ1v) is 8.52. The van der Waals surface area contributed by atoms with E-state index in [1.807, 2.05) is 24.3 Å². The van der Waals surface area contributed by atoms with Crippen LogP contribution >= 0.6 is 11.3 Å². The molecule has 3 rings (SSSR count). The lowest BCUT2D eigenvalue weighted by Gasteiger charge is -2.20. The van der Waals surface area contributed by atoms with Crippen LogP contribution in [0.15, 0.2) is 30.5 Å². The van der Waals surface area contributed by atoms with Crippen molar-refractivity contribution in [1.29, 1.82) is 0 Å². The SMILES string of the molecule is COc1ccc(-c2ncc(C(=O)N3CC(OC)CC3C(=O)O)s2)cc1. The molecule has 1 fully saturated rings. The third-order valence-electron chi connectivity index (χ3n) is 4.20. The number of hydrogen-bond acceptors (Lipinski definition) is 6. The van der Waals surface area contributed by atoms with Gasteiger partial charge in [0.15, 0.2) is 0 Å². The Bertz CT molecular complexity index is 774. The monoisotopic (exact) mass is 362 g/mol. The largest absolute Gasteiger partial charge is 0.497 e. The number of likely N-dealkylation sites (tertiary alicyclic amines) is 1. The molecule has 0 spiro atoms. The number of nitrogens with zero attached hydrogens (tertiary/aromatic N) is 2. The minimum absolute atomic E-state index is 0.265. The third-order valence-corrected chi connectivity index (χ3v) is 5.23. The second-order valence-electron chi connectivity index (χ2n) is 5.66. The van der Waals surface area contributed by atoms with Crippen LogP contribution in [0.4, 0.5) is 0 Å². The van der Waals surface area contributed by atoms with Crippen molar-refractivity contribution in [3.8, 4) is 16.3 Å². The summed E-state index contributed by atoms with van der Waals surface area (Å²) in [4.78, 5) is 30.2. The molecule has 0 radical (unpaired) electrons. The summed E-state index contributed by atoms with van der Waals surface area (Å²) >= 11 is 1.24. The Balaban J connectivity index is 1.81. The summed E-state index contributed by atoms with van der Waals surface area (Å²) in [7, 11) is 3.11. The molecule has 0 aliphatic carbocycles. The number of carbonyl (C=O) groups is 2. The lowest BCUT2D eigenvalue weighted by molar-refractivity contribution is -0.141. The molecule has 25 heavy (non-hydrogen) atoms. The summed E-state index contributed by atoms with van der Waals surface area (Å²) in [5.74, 6) is -0.611. The zero-order chi connectivity index (χ0) is 18.0. The number of thiazole rings is 1. The van der Waals surface area contributed by atoms with Gasteiger partial charge in [-0.15, -0.1) is 11.3 Å². The van der Waals surface area contributed by atoms with Crippen LogP contribution in [0.5, 0.6) is 5.75 Å². The summed E-state index contributed by atoms with van der Waals surface area (Å²) in [6.07, 6.45) is 1.52. The topological polar surface area (TPSA) is 89.0 Å². The number of aromatic nitrogens is 1. The van der Waals surface area contributed by atoms with Crippen LogP contribution in [0.1, 0.15) is 16.1 Å². The number of methoxy groups -OCH3 is 2. The molecule has 1 N–H and O–H groups in total. The zero-order valence-corrected chi connectivity index (χ0v) is 14.7. The number of ether oxygens (including phenoxy) is 2. The summed E-state index contributed by atoms with van der Waals surface area (Å²) in [6, 6.07) is 6.50. The van der Waals surface area contributed by atoms with Crippen LogP contribution in [0.3, 0.4) is 0 Å². The van der Waals surface area contributed by atoms with Crippen molar-refractivity contribution in [3.05, 3.63) is 35.3 Å². The first kappa shape index (κ1) is 17.4. The molecule has 2 aromatic rings. The molecular formula is C17H18N2O5S. The lowest BCUT2D eigenvalue weighted by Crippen LogP contribution is -2.40. The number of carboxylic acid groups (broad SMARTS) is 1. The minimum atomic E-state index is -1.02. The van der Waals surface area contributed by atoms with E-state index in [4.69, 9.17) is 9.47 Å². The number of carbonyl (C=O) groups excluding carboxylic acids is 1. The molecule has 8 heteroatoms. The molecule has 132 valence electrons. The molecule has 1 saturated heterocycles. The first-order chi connectivity index (χ1) is 12.0. The molecule has 1 amide bonds. The van der Waals surface area contributed by atoms with E-state index >= 15 is 0 Å². The van der Waals surface area contributed by atoms with Crippen molar-refractivity contribution in [2.75, 3.05) is 20.8 Å². The van der Waals surface area contributed by atoms with Crippen LogP contribution in [-0.2, 0) is 9.53 Å². The Morgan fingerprint density at radius 2 is 2.00 bits per heavy atom. The van der Waals surface area contributed by atoms with E-state index in [-0.39, 0.29) is 18.6 Å². The van der Waals surface area contributed by atoms with Crippen LogP contribution in [0, 0.1) is 0 Å². The maximum Gasteiger partial charge on any atom is 0.326 e. The summed E-state index contributed by atoms with van der Waals surface area (Å²) in [6.45, 7) is 0.266. The normalized spacial score (nSPS) is 19.8. The predicted molar refractivity (Wildman–Crippen MR) is 92.0 cm³/mol. The van der Waals surface area contributed by atoms with E-state index in [0.29, 0.717) is 16.3 Å². The predicted octanol–water partition coefficient (Wildman–Crippen LogP) is 2.13. The van der Waals surface area contributed by atoms with E-state index in [9.17, 15) is 14.7 Å². The first-order valence-electron chi connectivity index (χ1n) is 7.70. The maximum atomic E-state index is 12.7. The third kappa shape index (κ3) is 3.49. The molecule has 2 unspecified atom stereocenters. The number of aliphatic carboxylic acids is 1. The van der Waals surface area contributed by atoms with Gasteiger partial charge in [0.1, 0.15) is 21.7 Å². The molecule has 1 aromatic heterocycles. The maximum absolute atomic E-state index is 12.7. The van der Waals surface area contributed by atoms with Gasteiger partial charge in [-0.1, -0.05) is 0 Å². The van der Waals surface area contributed by atoms with Crippen LogP contribution < -0.4 is 4.74 Å². The van der Waals surface area contributed by atoms with Gasteiger partial charge in [-0.3, -0.25) is 4.79 Å². The van der Waals surface area contributed by atoms with Crippen LogP contribution in [0.25, 0.3) is 10.6 Å². The van der Waals surface area contributed by atoms with Gasteiger partial charge in [0.05, 0.1) is 19.4 Å². The number of benzene rings is 1. The van der Waals surface area contributed by atoms with Crippen molar-refractivity contribution >= 4 is 23.2 Å². The molecule has 1 aromatic carbocycles. The van der Waals surface area contributed by atoms with Crippen molar-refractivity contribution in [2.24, 2.45) is 0 Å². The number of hydrogen-bond donors (Lipinski definition) is 1. The van der Waals surface area contributed by atoms with Gasteiger partial charge in [-0.2, -0.15) is 0 Å². The minimum Gasteiger partial charge on any atom is -0.497 e. The highest BCUT2D eigenvalue weighted by Crippen LogP contribution is 2.29. The molecule has 2 heterocycles. The Hall–Kier alpha value is -2.45. The van der Waals surface area contributed by atoms with E-state index < -0.39 is 12.0 Å². The fourth-order valence-electron chi connectivity index (χ4n) is 2.81. The van der Waals surface area contributed by atoms with Crippen molar-refractivity contribution in [3.63, 3.8) is 0 Å². The number of rotatable bonds is 5. The quantitative estimate of drug-likeness (QED) is 0.876. The second-order valence-corrected chi connectivity index (χ2v) is 6.69. The second kappa shape index (κ2) is 7.20. The van der Waals surface area contributed by atoms with Crippen LogP contribution in [0.2, 0.25) is 0 Å². The Morgan fingerprint density at radius 1 is 1.28 bits per heavy atom. The Labute approximate surface area is 148 Å². The molecule has 1 aliphatic heterocycles. The van der Waals surface area contributed by atoms with Crippen molar-refractivity contribution in [2.45, 2.75) is 18.6 Å². The highest BCUT2D eigenvalue weighted by atomic mass is 32.1. The van der Waals surface area contributed by atoms with E-state index in [1.165, 1.54) is 29.5 Å². The average molecular weight is 362 g/mol. The van der Waals surface area contributed by atoms with Gasteiger partial charge < -0.3 is 19.5 Å². The average Bonchev–Trinajstić information content (AvgIpc) is 3.28. The van der Waals surface area contributed by atoms with Gasteiger partial charge in [-0.05, 0) is 24.3 Å². The van der Waals surface area contributed by atoms with E-state index in [0.717, 1.165) is 11.3 Å². The van der Waals surface area contributed by atoms with E-state index in [2.05, 4.69) is 4.98 Å². The van der Waals surface area contributed by atoms with Gasteiger partial charge in [0, 0.05) is 25.6 Å². The fourth-order valence-corrected chi connectivity index (χ4v) is 3.69. The zero-order valence-electron chi connectivity index (χ0n) is 13.8. The van der Waals surface area contributed by atoms with Gasteiger partial charge in [-0.25, -0.2) is 9.78 Å². The lowest BCUT2D eigenvalue weighted by atomic mass is 10.2. The summed E-state index contributed by atoms with van der Waals surface area (Å²) in [5.41, 5.74) is 0.871. The summed E-state index contributed by atoms with van der Waals surface area (Å²) < 4.78 is 10.3.